The fraction of sp³-hybridized carbons (Fsp3) is 0.118. The van der Waals surface area contributed by atoms with Crippen LogP contribution >= 0.6 is 11.6 Å². The second-order valence-corrected chi connectivity index (χ2v) is 5.61. The van der Waals surface area contributed by atoms with Gasteiger partial charge in [0.05, 0.1) is 11.4 Å². The number of rotatable bonds is 3. The van der Waals surface area contributed by atoms with Crippen molar-refractivity contribution in [3.8, 4) is 5.69 Å². The van der Waals surface area contributed by atoms with E-state index >= 15 is 0 Å². The van der Waals surface area contributed by atoms with Crippen LogP contribution in [0.25, 0.3) is 5.69 Å². The molecule has 1 aromatic carbocycles. The van der Waals surface area contributed by atoms with Crippen LogP contribution in [-0.2, 0) is 0 Å². The molecular weight excluding hydrogens is 312 g/mol. The second-order valence-electron chi connectivity index (χ2n) is 5.18. The summed E-state index contributed by atoms with van der Waals surface area (Å²) < 4.78 is 1.67. The Morgan fingerprint density at radius 2 is 1.83 bits per heavy atom. The normalized spacial score (nSPS) is 10.6. The highest BCUT2D eigenvalue weighted by Gasteiger charge is 2.13. The Morgan fingerprint density at radius 1 is 1.09 bits per heavy atom. The SMILES string of the molecule is Cc1cccc(C(=O)Nc2cc(C)nn2-c2ccc(Cl)cc2)n1. The fourth-order valence-corrected chi connectivity index (χ4v) is 2.34. The van der Waals surface area contributed by atoms with Crippen molar-refractivity contribution in [1.82, 2.24) is 14.8 Å². The summed E-state index contributed by atoms with van der Waals surface area (Å²) in [5, 5.41) is 7.91. The Kier molecular flexibility index (Phi) is 4.12. The zero-order valence-electron chi connectivity index (χ0n) is 12.7. The maximum absolute atomic E-state index is 12.4. The lowest BCUT2D eigenvalue weighted by Crippen LogP contribution is -2.16. The topological polar surface area (TPSA) is 59.8 Å². The van der Waals surface area contributed by atoms with Gasteiger partial charge in [0.2, 0.25) is 0 Å². The molecule has 0 aliphatic heterocycles. The van der Waals surface area contributed by atoms with Crippen LogP contribution in [0.3, 0.4) is 0 Å². The first-order valence-electron chi connectivity index (χ1n) is 7.10. The molecule has 116 valence electrons. The van der Waals surface area contributed by atoms with Crippen molar-refractivity contribution in [2.45, 2.75) is 13.8 Å². The molecule has 3 aromatic rings. The smallest absolute Gasteiger partial charge is 0.275 e. The molecule has 2 aromatic heterocycles. The minimum atomic E-state index is -0.274. The third-order valence-corrected chi connectivity index (χ3v) is 3.52. The van der Waals surface area contributed by atoms with Crippen LogP contribution in [0.15, 0.2) is 48.5 Å². The third kappa shape index (κ3) is 3.40. The van der Waals surface area contributed by atoms with Crippen molar-refractivity contribution in [1.29, 1.82) is 0 Å². The van der Waals surface area contributed by atoms with Crippen LogP contribution in [0.2, 0.25) is 5.02 Å². The number of carbonyl (C=O) groups is 1. The van der Waals surface area contributed by atoms with Gasteiger partial charge >= 0.3 is 0 Å². The van der Waals surface area contributed by atoms with Gasteiger partial charge in [0.15, 0.2) is 0 Å². The van der Waals surface area contributed by atoms with E-state index in [0.29, 0.717) is 16.5 Å². The highest BCUT2D eigenvalue weighted by atomic mass is 35.5. The van der Waals surface area contributed by atoms with Crippen molar-refractivity contribution in [3.05, 3.63) is 70.6 Å². The molecule has 0 atom stereocenters. The predicted octanol–water partition coefficient (Wildman–Crippen LogP) is 3.79. The lowest BCUT2D eigenvalue weighted by molar-refractivity contribution is 0.102. The number of pyridine rings is 1. The van der Waals surface area contributed by atoms with Crippen molar-refractivity contribution in [2.24, 2.45) is 0 Å². The molecule has 0 saturated carbocycles. The van der Waals surface area contributed by atoms with Gasteiger partial charge < -0.3 is 5.32 Å². The minimum absolute atomic E-state index is 0.274. The van der Waals surface area contributed by atoms with E-state index in [1.54, 1.807) is 28.9 Å². The zero-order chi connectivity index (χ0) is 16.4. The highest BCUT2D eigenvalue weighted by molar-refractivity contribution is 6.30. The number of carbonyl (C=O) groups excluding carboxylic acids is 1. The molecule has 2 heterocycles. The van der Waals surface area contributed by atoms with Gasteiger partial charge in [0.1, 0.15) is 11.5 Å². The summed E-state index contributed by atoms with van der Waals surface area (Å²) in [6.07, 6.45) is 0. The van der Waals surface area contributed by atoms with Crippen LogP contribution in [0, 0.1) is 13.8 Å². The van der Waals surface area contributed by atoms with Crippen molar-refractivity contribution in [3.63, 3.8) is 0 Å². The van der Waals surface area contributed by atoms with E-state index in [0.717, 1.165) is 17.1 Å². The summed E-state index contributed by atoms with van der Waals surface area (Å²) in [6.45, 7) is 3.71. The Hall–Kier alpha value is -2.66. The average molecular weight is 327 g/mol. The molecule has 0 radical (unpaired) electrons. The molecule has 1 N–H and O–H groups in total. The van der Waals surface area contributed by atoms with Gasteiger partial charge in [0.25, 0.3) is 5.91 Å². The molecule has 23 heavy (non-hydrogen) atoms. The van der Waals surface area contributed by atoms with Crippen LogP contribution in [0.5, 0.6) is 0 Å². The summed E-state index contributed by atoms with van der Waals surface area (Å²) in [5.74, 6) is 0.307. The number of halogens is 1. The van der Waals surface area contributed by atoms with Crippen LogP contribution < -0.4 is 5.32 Å². The monoisotopic (exact) mass is 326 g/mol. The van der Waals surface area contributed by atoms with E-state index in [2.05, 4.69) is 15.4 Å². The second kappa shape index (κ2) is 6.22. The largest absolute Gasteiger partial charge is 0.305 e. The molecule has 0 bridgehead atoms. The van der Waals surface area contributed by atoms with Gasteiger partial charge in [-0.15, -0.1) is 0 Å². The Labute approximate surface area is 138 Å². The molecule has 0 fully saturated rings. The third-order valence-electron chi connectivity index (χ3n) is 3.27. The Morgan fingerprint density at radius 3 is 2.52 bits per heavy atom. The molecule has 1 amide bonds. The van der Waals surface area contributed by atoms with Crippen molar-refractivity contribution >= 4 is 23.3 Å². The number of benzene rings is 1. The quantitative estimate of drug-likeness (QED) is 0.796. The number of hydrogen-bond acceptors (Lipinski definition) is 3. The fourth-order valence-electron chi connectivity index (χ4n) is 2.22. The maximum Gasteiger partial charge on any atom is 0.275 e. The average Bonchev–Trinajstić information content (AvgIpc) is 2.88. The predicted molar refractivity (Wildman–Crippen MR) is 90.2 cm³/mol. The molecule has 0 aliphatic rings. The van der Waals surface area contributed by atoms with Gasteiger partial charge in [-0.2, -0.15) is 5.10 Å². The molecule has 0 spiro atoms. The number of aryl methyl sites for hydroxylation is 2. The number of aromatic nitrogens is 3. The van der Waals surface area contributed by atoms with E-state index in [9.17, 15) is 4.79 Å². The molecular formula is C17H15ClN4O. The van der Waals surface area contributed by atoms with E-state index < -0.39 is 0 Å². The van der Waals surface area contributed by atoms with E-state index in [4.69, 9.17) is 11.6 Å². The molecule has 3 rings (SSSR count). The lowest BCUT2D eigenvalue weighted by atomic mass is 10.3. The van der Waals surface area contributed by atoms with E-state index in [-0.39, 0.29) is 5.91 Å². The standard InChI is InChI=1S/C17H15ClN4O/c1-11-4-3-5-15(19-11)17(23)20-16-10-12(2)21-22(16)14-8-6-13(18)7-9-14/h3-10H,1-2H3,(H,20,23). The lowest BCUT2D eigenvalue weighted by Gasteiger charge is -2.09. The van der Waals surface area contributed by atoms with Crippen molar-refractivity contribution in [2.75, 3.05) is 5.32 Å². The summed E-state index contributed by atoms with van der Waals surface area (Å²) >= 11 is 5.92. The molecule has 0 aliphatic carbocycles. The minimum Gasteiger partial charge on any atom is -0.305 e. The molecule has 0 saturated heterocycles. The molecule has 6 heteroatoms. The first kappa shape index (κ1) is 15.2. The first-order chi connectivity index (χ1) is 11.0. The van der Waals surface area contributed by atoms with Gasteiger partial charge in [-0.3, -0.25) is 4.79 Å². The molecule has 5 nitrogen and oxygen atoms in total. The Balaban J connectivity index is 1.91. The van der Waals surface area contributed by atoms with Crippen molar-refractivity contribution < 1.29 is 4.79 Å². The van der Waals surface area contributed by atoms with Gasteiger partial charge in [-0.25, -0.2) is 9.67 Å². The van der Waals surface area contributed by atoms with Gasteiger partial charge in [-0.05, 0) is 50.2 Å². The molecule has 0 unspecified atom stereocenters. The van der Waals surface area contributed by atoms with E-state index in [1.165, 1.54) is 0 Å². The summed E-state index contributed by atoms with van der Waals surface area (Å²) in [5.41, 5.74) is 2.77. The zero-order valence-corrected chi connectivity index (χ0v) is 13.5. The highest BCUT2D eigenvalue weighted by Crippen LogP contribution is 2.19. The number of nitrogens with zero attached hydrogens (tertiary/aromatic N) is 3. The summed E-state index contributed by atoms with van der Waals surface area (Å²) in [7, 11) is 0. The number of hydrogen-bond donors (Lipinski definition) is 1. The summed E-state index contributed by atoms with van der Waals surface area (Å²) in [6, 6.07) is 14.4. The number of amides is 1. The van der Waals surface area contributed by atoms with Crippen LogP contribution in [0.4, 0.5) is 5.82 Å². The summed E-state index contributed by atoms with van der Waals surface area (Å²) in [4.78, 5) is 16.6. The number of nitrogens with one attached hydrogen (secondary N) is 1. The van der Waals surface area contributed by atoms with Crippen LogP contribution in [0.1, 0.15) is 21.9 Å². The number of anilines is 1. The van der Waals surface area contributed by atoms with Gasteiger partial charge in [-0.1, -0.05) is 17.7 Å². The van der Waals surface area contributed by atoms with Crippen LogP contribution in [-0.4, -0.2) is 20.7 Å². The first-order valence-corrected chi connectivity index (χ1v) is 7.48. The Bertz CT molecular complexity index is 855. The van der Waals surface area contributed by atoms with E-state index in [1.807, 2.05) is 38.1 Å². The maximum atomic E-state index is 12.4. The van der Waals surface area contributed by atoms with Gasteiger partial charge in [0, 0.05) is 16.8 Å².